The number of hydrogen-bond acceptors (Lipinski definition) is 5. The van der Waals surface area contributed by atoms with Gasteiger partial charge in [0.1, 0.15) is 11.6 Å². The van der Waals surface area contributed by atoms with Gasteiger partial charge in [-0.3, -0.25) is 9.97 Å². The molecule has 0 fully saturated rings. The maximum absolute atomic E-state index is 11.6. The molecule has 9 rings (SSSR count). The summed E-state index contributed by atoms with van der Waals surface area (Å²) in [5.74, 6) is 1.16. The zero-order chi connectivity index (χ0) is 42.6. The van der Waals surface area contributed by atoms with Crippen molar-refractivity contribution in [2.24, 2.45) is 0 Å². The number of rotatable bonds is 10. The SMILES string of the molecule is CC(c1ccc(-c2ccnc(N(c3[c-]c(-c4cc(-c5ccccc5)cc(-c5ccc(-c6ccccc6)cc5O)n4)cc(C(C)(C)C)c3)c3ccccc3)c2)cc1)c1cccnc1.[Pt]. The van der Waals surface area contributed by atoms with E-state index in [1.807, 2.05) is 97.5 Å². The Bertz CT molecular complexity index is 2950. The van der Waals surface area contributed by atoms with E-state index < -0.39 is 0 Å². The van der Waals surface area contributed by atoms with Gasteiger partial charge in [0.15, 0.2) is 0 Å². The van der Waals surface area contributed by atoms with Crippen LogP contribution in [0.3, 0.4) is 0 Å². The maximum atomic E-state index is 11.6. The summed E-state index contributed by atoms with van der Waals surface area (Å²) in [5, 5.41) is 11.6. The number of hydrogen-bond donors (Lipinski definition) is 1. The second kappa shape index (κ2) is 18.6. The van der Waals surface area contributed by atoms with E-state index in [9.17, 15) is 5.11 Å². The second-order valence-electron chi connectivity index (χ2n) is 16.7. The van der Waals surface area contributed by atoms with Crippen molar-refractivity contribution in [2.75, 3.05) is 4.90 Å². The van der Waals surface area contributed by atoms with Gasteiger partial charge in [0.2, 0.25) is 0 Å². The normalized spacial score (nSPS) is 11.7. The predicted octanol–water partition coefficient (Wildman–Crippen LogP) is 14.6. The first-order valence-electron chi connectivity index (χ1n) is 21.0. The van der Waals surface area contributed by atoms with Gasteiger partial charge in [0.05, 0.1) is 5.69 Å². The summed E-state index contributed by atoms with van der Waals surface area (Å²) in [7, 11) is 0. The van der Waals surface area contributed by atoms with Crippen LogP contribution in [0.15, 0.2) is 201 Å². The largest absolute Gasteiger partial charge is 0.507 e. The summed E-state index contributed by atoms with van der Waals surface area (Å²) in [5.41, 5.74) is 14.2. The standard InChI is InChI=1S/C57H47N4O.Pt/c1-39(46-19-14-29-58-38-46)40-22-24-43(25-23-40)45-28-30-59-56(36-45)61(50-20-12-7-13-21-50)51-32-48(31-49(37-51)57(2,3)4)53-33-47(42-17-10-6-11-18-42)34-54(60-53)52-27-26-44(35-55(52)62)41-15-8-5-9-16-41;/h5-31,33-39,62H,1-4H3;/q-1;. The van der Waals surface area contributed by atoms with E-state index in [1.54, 1.807) is 0 Å². The van der Waals surface area contributed by atoms with Crippen LogP contribution in [0.25, 0.3) is 55.9 Å². The van der Waals surface area contributed by atoms with Crippen LogP contribution in [-0.4, -0.2) is 20.1 Å². The van der Waals surface area contributed by atoms with E-state index in [4.69, 9.17) is 9.97 Å². The average Bonchev–Trinajstić information content (AvgIpc) is 3.32. The van der Waals surface area contributed by atoms with Crippen LogP contribution in [0.1, 0.15) is 50.3 Å². The van der Waals surface area contributed by atoms with Gasteiger partial charge in [-0.05, 0) is 110 Å². The number of aromatic hydroxyl groups is 1. The molecule has 0 saturated carbocycles. The van der Waals surface area contributed by atoms with Gasteiger partial charge in [-0.1, -0.05) is 149 Å². The molecule has 0 aliphatic heterocycles. The molecule has 9 aromatic rings. The molecule has 1 atom stereocenters. The number of phenols is 1. The van der Waals surface area contributed by atoms with Gasteiger partial charge in [-0.2, -0.15) is 0 Å². The van der Waals surface area contributed by atoms with Crippen molar-refractivity contribution >= 4 is 17.2 Å². The molecule has 0 bridgehead atoms. The van der Waals surface area contributed by atoms with Crippen LogP contribution in [0, 0.1) is 6.07 Å². The van der Waals surface area contributed by atoms with Crippen molar-refractivity contribution in [2.45, 2.75) is 39.0 Å². The van der Waals surface area contributed by atoms with Gasteiger partial charge >= 0.3 is 0 Å². The molecule has 6 aromatic carbocycles. The predicted molar refractivity (Wildman–Crippen MR) is 255 cm³/mol. The number of pyridine rings is 3. The molecule has 0 amide bonds. The van der Waals surface area contributed by atoms with Crippen molar-refractivity contribution < 1.29 is 26.2 Å². The smallest absolute Gasteiger partial charge is 0.136 e. The Morgan fingerprint density at radius 3 is 1.83 bits per heavy atom. The molecule has 3 heterocycles. The minimum atomic E-state index is -0.212. The summed E-state index contributed by atoms with van der Waals surface area (Å²) in [6.07, 6.45) is 5.63. The van der Waals surface area contributed by atoms with E-state index in [-0.39, 0.29) is 38.1 Å². The van der Waals surface area contributed by atoms with Crippen molar-refractivity contribution in [3.63, 3.8) is 0 Å². The quantitative estimate of drug-likeness (QED) is 0.138. The van der Waals surface area contributed by atoms with E-state index in [0.29, 0.717) is 11.3 Å². The van der Waals surface area contributed by atoms with Crippen LogP contribution in [-0.2, 0) is 26.5 Å². The molecule has 63 heavy (non-hydrogen) atoms. The summed E-state index contributed by atoms with van der Waals surface area (Å²) in [6, 6.07) is 66.1. The fourth-order valence-corrected chi connectivity index (χ4v) is 7.89. The average molecular weight is 999 g/mol. The van der Waals surface area contributed by atoms with Gasteiger partial charge in [0, 0.05) is 56.8 Å². The Balaban J connectivity index is 0.00000544. The van der Waals surface area contributed by atoms with Gasteiger partial charge in [-0.15, -0.1) is 29.3 Å². The van der Waals surface area contributed by atoms with Crippen molar-refractivity contribution in [1.82, 2.24) is 15.0 Å². The van der Waals surface area contributed by atoms with E-state index in [0.717, 1.165) is 67.4 Å². The van der Waals surface area contributed by atoms with Crippen LogP contribution in [0.5, 0.6) is 5.75 Å². The topological polar surface area (TPSA) is 62.1 Å². The van der Waals surface area contributed by atoms with Crippen molar-refractivity contribution in [1.29, 1.82) is 0 Å². The molecule has 0 spiro atoms. The first-order valence-corrected chi connectivity index (χ1v) is 21.0. The molecule has 3 aromatic heterocycles. The van der Waals surface area contributed by atoms with Crippen molar-refractivity contribution in [3.05, 3.63) is 223 Å². The summed E-state index contributed by atoms with van der Waals surface area (Å²) < 4.78 is 0. The number of benzene rings is 6. The van der Waals surface area contributed by atoms with Gasteiger partial charge in [-0.25, -0.2) is 4.98 Å². The Kier molecular flexibility index (Phi) is 12.6. The molecule has 0 aliphatic carbocycles. The second-order valence-corrected chi connectivity index (χ2v) is 16.7. The van der Waals surface area contributed by atoms with E-state index >= 15 is 0 Å². The Labute approximate surface area is 385 Å². The zero-order valence-corrected chi connectivity index (χ0v) is 38.0. The third kappa shape index (κ3) is 9.45. The summed E-state index contributed by atoms with van der Waals surface area (Å²) in [6.45, 7) is 8.90. The minimum Gasteiger partial charge on any atom is -0.507 e. The maximum Gasteiger partial charge on any atom is 0.136 e. The summed E-state index contributed by atoms with van der Waals surface area (Å²) >= 11 is 0. The van der Waals surface area contributed by atoms with E-state index in [1.165, 1.54) is 11.1 Å². The molecular weight excluding hydrogens is 952 g/mol. The Morgan fingerprint density at radius 2 is 1.17 bits per heavy atom. The number of para-hydroxylation sites is 1. The van der Waals surface area contributed by atoms with Crippen LogP contribution in [0.2, 0.25) is 0 Å². The number of nitrogens with zero attached hydrogens (tertiary/aromatic N) is 4. The first-order chi connectivity index (χ1) is 30.2. The Hall–Kier alpha value is -6.94. The molecule has 0 aliphatic rings. The fraction of sp³-hybridized carbons (Fsp3) is 0.105. The van der Waals surface area contributed by atoms with Crippen molar-refractivity contribution in [3.8, 4) is 61.6 Å². The molecule has 1 unspecified atom stereocenters. The molecular formula is C57H47N4OPt-. The third-order valence-electron chi connectivity index (χ3n) is 11.5. The molecule has 5 nitrogen and oxygen atoms in total. The van der Waals surface area contributed by atoms with E-state index in [2.05, 4.69) is 147 Å². The third-order valence-corrected chi connectivity index (χ3v) is 11.5. The fourth-order valence-electron chi connectivity index (χ4n) is 7.89. The van der Waals surface area contributed by atoms with Crippen LogP contribution < -0.4 is 4.90 Å². The molecule has 6 heteroatoms. The number of anilines is 3. The van der Waals surface area contributed by atoms with Gasteiger partial charge in [0.25, 0.3) is 0 Å². The first kappa shape index (κ1) is 42.7. The number of aromatic nitrogens is 3. The molecule has 0 radical (unpaired) electrons. The Morgan fingerprint density at radius 1 is 0.556 bits per heavy atom. The summed E-state index contributed by atoms with van der Waals surface area (Å²) in [4.78, 5) is 16.8. The number of phenolic OH excluding ortho intramolecular Hbond substituents is 1. The molecule has 312 valence electrons. The van der Waals surface area contributed by atoms with Crippen LogP contribution >= 0.6 is 0 Å². The van der Waals surface area contributed by atoms with Gasteiger partial charge < -0.3 is 10.0 Å². The monoisotopic (exact) mass is 998 g/mol. The van der Waals surface area contributed by atoms with Crippen LogP contribution in [0.4, 0.5) is 17.2 Å². The molecule has 1 N–H and O–H groups in total. The minimum absolute atomic E-state index is 0. The molecule has 0 saturated heterocycles. The zero-order valence-electron chi connectivity index (χ0n) is 35.7.